The van der Waals surface area contributed by atoms with Crippen LogP contribution in [-0.2, 0) is 30.1 Å². The van der Waals surface area contributed by atoms with E-state index in [2.05, 4.69) is 0 Å². The molecule has 2 rings (SSSR count). The molecule has 0 aliphatic heterocycles. The average Bonchev–Trinajstić information content (AvgIpc) is 2.60. The molecule has 0 bridgehead atoms. The molecule has 0 radical (unpaired) electrons. The first kappa shape index (κ1) is 18.8. The first-order valence-electron chi connectivity index (χ1n) is 8.11. The van der Waals surface area contributed by atoms with Gasteiger partial charge in [0.2, 0.25) is 0 Å². The fourth-order valence-electron chi connectivity index (χ4n) is 2.17. The van der Waals surface area contributed by atoms with Crippen LogP contribution in [0, 0.1) is 0 Å². The molecule has 0 fully saturated rings. The van der Waals surface area contributed by atoms with Crippen LogP contribution >= 0.6 is 0 Å². The van der Waals surface area contributed by atoms with E-state index in [0.29, 0.717) is 0 Å². The Bertz CT molecular complexity index is 558. The molecule has 0 atom stereocenters. The summed E-state index contributed by atoms with van der Waals surface area (Å²) in [5.74, 6) is 0. The van der Waals surface area contributed by atoms with E-state index >= 15 is 0 Å². The number of hydrogen-bond donors (Lipinski definition) is 0. The molecule has 0 N–H and O–H groups in total. The normalized spacial score (nSPS) is 12.6. The van der Waals surface area contributed by atoms with Crippen LogP contribution in [0.2, 0.25) is 6.55 Å². The Labute approximate surface area is 146 Å². The molecule has 130 valence electrons. The van der Waals surface area contributed by atoms with Gasteiger partial charge in [-0.1, -0.05) is 60.7 Å². The summed E-state index contributed by atoms with van der Waals surface area (Å²) in [6, 6.07) is 19.9. The minimum atomic E-state index is -2.09. The first-order chi connectivity index (χ1) is 11.3. The molecule has 0 heterocycles. The number of rotatable bonds is 8. The first-order valence-corrected chi connectivity index (χ1v) is 10.2. The van der Waals surface area contributed by atoms with Gasteiger partial charge in [0.15, 0.2) is 0 Å². The molecule has 2 aromatic rings. The summed E-state index contributed by atoms with van der Waals surface area (Å²) in [4.78, 5) is 11.2. The second kappa shape index (κ2) is 8.05. The van der Waals surface area contributed by atoms with Crippen molar-refractivity contribution >= 4 is 9.28 Å². The summed E-state index contributed by atoms with van der Waals surface area (Å²) >= 11 is 0. The van der Waals surface area contributed by atoms with E-state index < -0.39 is 20.5 Å². The van der Waals surface area contributed by atoms with Crippen molar-refractivity contribution in [2.24, 2.45) is 0 Å². The fraction of sp³-hybridized carbons (Fsp3) is 0.368. The third-order valence-corrected chi connectivity index (χ3v) is 4.46. The standard InChI is InChI=1S/C19H26O4Si/c1-18(2,16-12-8-6-9-13-16)20-22-24(5)23-21-19(3,4)17-14-10-7-11-15-17/h6-15,24H,1-5H3. The smallest absolute Gasteiger partial charge is 0.252 e. The van der Waals surface area contributed by atoms with Crippen molar-refractivity contribution in [1.82, 2.24) is 0 Å². The highest BCUT2D eigenvalue weighted by Crippen LogP contribution is 2.27. The van der Waals surface area contributed by atoms with E-state index in [1.807, 2.05) is 94.9 Å². The van der Waals surface area contributed by atoms with Crippen molar-refractivity contribution in [3.63, 3.8) is 0 Å². The molecule has 0 spiro atoms. The maximum atomic E-state index is 5.60. The summed E-state index contributed by atoms with van der Waals surface area (Å²) in [6.45, 7) is 9.69. The summed E-state index contributed by atoms with van der Waals surface area (Å²) < 4.78 is 11.0. The van der Waals surface area contributed by atoms with Crippen LogP contribution in [0.15, 0.2) is 60.7 Å². The van der Waals surface area contributed by atoms with Crippen molar-refractivity contribution in [2.45, 2.75) is 45.4 Å². The van der Waals surface area contributed by atoms with E-state index in [-0.39, 0.29) is 0 Å². The van der Waals surface area contributed by atoms with Crippen LogP contribution in [0.25, 0.3) is 0 Å². The van der Waals surface area contributed by atoms with Gasteiger partial charge >= 0.3 is 9.28 Å². The zero-order valence-electron chi connectivity index (χ0n) is 15.0. The lowest BCUT2D eigenvalue weighted by Gasteiger charge is -2.28. The third kappa shape index (κ3) is 5.26. The lowest BCUT2D eigenvalue weighted by Crippen LogP contribution is -2.31. The van der Waals surface area contributed by atoms with Crippen molar-refractivity contribution in [3.05, 3.63) is 71.8 Å². The molecule has 0 amide bonds. The van der Waals surface area contributed by atoms with Crippen LogP contribution in [0.5, 0.6) is 0 Å². The van der Waals surface area contributed by atoms with Gasteiger partial charge in [0.25, 0.3) is 0 Å². The predicted molar refractivity (Wildman–Crippen MR) is 96.3 cm³/mol. The van der Waals surface area contributed by atoms with Gasteiger partial charge in [0, 0.05) is 0 Å². The van der Waals surface area contributed by atoms with Crippen molar-refractivity contribution in [1.29, 1.82) is 0 Å². The largest absolute Gasteiger partial charge is 0.393 e. The zero-order valence-corrected chi connectivity index (χ0v) is 16.1. The van der Waals surface area contributed by atoms with E-state index in [4.69, 9.17) is 18.9 Å². The van der Waals surface area contributed by atoms with Gasteiger partial charge in [-0.2, -0.15) is 0 Å². The zero-order chi connectivity index (χ0) is 17.6. The summed E-state index contributed by atoms with van der Waals surface area (Å²) in [7, 11) is -2.09. The van der Waals surface area contributed by atoms with Crippen molar-refractivity contribution < 1.29 is 18.9 Å². The van der Waals surface area contributed by atoms with E-state index in [0.717, 1.165) is 11.1 Å². The molecule has 0 aliphatic rings. The lowest BCUT2D eigenvalue weighted by atomic mass is 9.99. The molecule has 5 heteroatoms. The highest BCUT2D eigenvalue weighted by atomic mass is 28.3. The molecule has 0 aromatic heterocycles. The van der Waals surface area contributed by atoms with Gasteiger partial charge in [-0.3, -0.25) is 9.15 Å². The Morgan fingerprint density at radius 2 is 0.958 bits per heavy atom. The minimum absolute atomic E-state index is 0.555. The monoisotopic (exact) mass is 346 g/mol. The minimum Gasteiger partial charge on any atom is -0.252 e. The molecular weight excluding hydrogens is 320 g/mol. The van der Waals surface area contributed by atoms with Crippen LogP contribution < -0.4 is 0 Å². The van der Waals surface area contributed by atoms with Crippen LogP contribution in [-0.4, -0.2) is 9.28 Å². The highest BCUT2D eigenvalue weighted by molar-refractivity contribution is 6.41. The Morgan fingerprint density at radius 3 is 1.29 bits per heavy atom. The molecule has 24 heavy (non-hydrogen) atoms. The second-order valence-corrected chi connectivity index (χ2v) is 8.20. The van der Waals surface area contributed by atoms with Gasteiger partial charge < -0.3 is 0 Å². The third-order valence-electron chi connectivity index (χ3n) is 3.72. The van der Waals surface area contributed by atoms with E-state index in [1.165, 1.54) is 0 Å². The Balaban J connectivity index is 1.84. The molecule has 4 nitrogen and oxygen atoms in total. The molecule has 0 saturated carbocycles. The number of benzene rings is 2. The van der Waals surface area contributed by atoms with Gasteiger partial charge in [-0.25, -0.2) is 9.78 Å². The Morgan fingerprint density at radius 1 is 0.625 bits per heavy atom. The second-order valence-electron chi connectivity index (χ2n) is 6.68. The van der Waals surface area contributed by atoms with E-state index in [1.54, 1.807) is 0 Å². The SMILES string of the molecule is C[SiH](OOC(C)(C)c1ccccc1)OOC(C)(C)c1ccccc1. The molecule has 0 aliphatic carbocycles. The van der Waals surface area contributed by atoms with E-state index in [9.17, 15) is 0 Å². The molecule has 0 unspecified atom stereocenters. The van der Waals surface area contributed by atoms with Gasteiger partial charge in [-0.05, 0) is 45.4 Å². The molecule has 2 aromatic carbocycles. The Hall–Kier alpha value is -1.50. The maximum Gasteiger partial charge on any atom is 0.393 e. The maximum absolute atomic E-state index is 5.60. The summed E-state index contributed by atoms with van der Waals surface area (Å²) in [5.41, 5.74) is 0.968. The quantitative estimate of drug-likeness (QED) is 0.397. The summed E-state index contributed by atoms with van der Waals surface area (Å²) in [5, 5.41) is 0. The molecule has 0 saturated heterocycles. The van der Waals surface area contributed by atoms with Crippen molar-refractivity contribution in [3.8, 4) is 0 Å². The molecular formula is C19H26O4Si. The Kier molecular flexibility index (Phi) is 6.32. The van der Waals surface area contributed by atoms with Gasteiger partial charge in [0.05, 0.1) is 0 Å². The summed E-state index contributed by atoms with van der Waals surface area (Å²) in [6.07, 6.45) is 0. The highest BCUT2D eigenvalue weighted by Gasteiger charge is 2.27. The number of hydrogen-bond acceptors (Lipinski definition) is 4. The topological polar surface area (TPSA) is 36.9 Å². The lowest BCUT2D eigenvalue weighted by molar-refractivity contribution is -0.349. The van der Waals surface area contributed by atoms with Gasteiger partial charge in [0.1, 0.15) is 11.2 Å². The predicted octanol–water partition coefficient (Wildman–Crippen LogP) is 4.60. The van der Waals surface area contributed by atoms with Crippen LogP contribution in [0.1, 0.15) is 38.8 Å². The van der Waals surface area contributed by atoms with Crippen LogP contribution in [0.3, 0.4) is 0 Å². The average molecular weight is 346 g/mol. The fourth-order valence-corrected chi connectivity index (χ4v) is 2.95. The van der Waals surface area contributed by atoms with Gasteiger partial charge in [-0.15, -0.1) is 0 Å². The van der Waals surface area contributed by atoms with Crippen molar-refractivity contribution in [2.75, 3.05) is 0 Å². The van der Waals surface area contributed by atoms with Crippen LogP contribution in [0.4, 0.5) is 0 Å².